The summed E-state index contributed by atoms with van der Waals surface area (Å²) in [7, 11) is 0. The molecule has 4 heteroatoms. The molecule has 1 aliphatic rings. The molecule has 1 saturated carbocycles. The lowest BCUT2D eigenvalue weighted by molar-refractivity contribution is -0.122. The number of nitrogens with one attached hydrogen (secondary N) is 2. The first-order chi connectivity index (χ1) is 10.1. The van der Waals surface area contributed by atoms with Crippen molar-refractivity contribution in [2.45, 2.75) is 65.1 Å². The van der Waals surface area contributed by atoms with Crippen LogP contribution in [0.1, 0.15) is 58.1 Å². The van der Waals surface area contributed by atoms with Crippen LogP contribution in [0.5, 0.6) is 0 Å². The van der Waals surface area contributed by atoms with Gasteiger partial charge < -0.3 is 15.2 Å². The predicted molar refractivity (Wildman–Crippen MR) is 86.1 cm³/mol. The summed E-state index contributed by atoms with van der Waals surface area (Å²) in [4.78, 5) is 12.1. The summed E-state index contributed by atoms with van der Waals surface area (Å²) in [6.07, 6.45) is 8.88. The maximum Gasteiger partial charge on any atom is 0.240 e. The van der Waals surface area contributed by atoms with Crippen LogP contribution in [0.4, 0.5) is 0 Å². The van der Waals surface area contributed by atoms with Gasteiger partial charge in [-0.3, -0.25) is 4.79 Å². The van der Waals surface area contributed by atoms with E-state index in [0.29, 0.717) is 24.5 Å². The normalized spacial score (nSPS) is 17.3. The highest BCUT2D eigenvalue weighted by atomic mass is 16.2. The van der Waals surface area contributed by atoms with E-state index in [9.17, 15) is 4.79 Å². The van der Waals surface area contributed by atoms with Crippen LogP contribution in [0.25, 0.3) is 0 Å². The molecule has 1 aromatic heterocycles. The van der Waals surface area contributed by atoms with Crippen LogP contribution in [0.2, 0.25) is 0 Å². The van der Waals surface area contributed by atoms with E-state index in [1.165, 1.54) is 18.4 Å². The molecule has 1 unspecified atom stereocenters. The Kier molecular flexibility index (Phi) is 5.85. The van der Waals surface area contributed by atoms with E-state index in [2.05, 4.69) is 43.7 Å². The second kappa shape index (κ2) is 7.64. The molecule has 118 valence electrons. The lowest BCUT2D eigenvalue weighted by Crippen LogP contribution is -2.34. The number of carbonyl (C=O) groups excluding carboxylic acids is 1. The third kappa shape index (κ3) is 4.60. The van der Waals surface area contributed by atoms with E-state index in [1.807, 2.05) is 10.8 Å². The minimum Gasteiger partial charge on any atom is -0.352 e. The Hall–Kier alpha value is -1.29. The Morgan fingerprint density at radius 3 is 2.71 bits per heavy atom. The van der Waals surface area contributed by atoms with Crippen LogP contribution in [-0.4, -0.2) is 23.1 Å². The van der Waals surface area contributed by atoms with E-state index in [4.69, 9.17) is 0 Å². The highest BCUT2D eigenvalue weighted by Gasteiger charge is 2.18. The molecule has 2 rings (SSSR count). The van der Waals surface area contributed by atoms with Crippen LogP contribution < -0.4 is 10.6 Å². The number of carbonyl (C=O) groups is 1. The highest BCUT2D eigenvalue weighted by molar-refractivity contribution is 5.76. The standard InChI is InChI=1S/C17H29N3O/c1-4-18-17(13(2)3)14-9-10-20(11-14)12-16(21)19-15-7-5-6-8-15/h9-11,13,15,17-18H,4-8,12H2,1-3H3,(H,19,21). The summed E-state index contributed by atoms with van der Waals surface area (Å²) >= 11 is 0. The van der Waals surface area contributed by atoms with Crippen molar-refractivity contribution in [2.24, 2.45) is 5.92 Å². The smallest absolute Gasteiger partial charge is 0.240 e. The molecule has 0 spiro atoms. The van der Waals surface area contributed by atoms with Gasteiger partial charge in [0.25, 0.3) is 0 Å². The number of hydrogen-bond donors (Lipinski definition) is 2. The molecule has 1 amide bonds. The molecule has 1 aromatic rings. The zero-order valence-electron chi connectivity index (χ0n) is 13.6. The number of rotatable bonds is 7. The van der Waals surface area contributed by atoms with Crippen molar-refractivity contribution in [2.75, 3.05) is 6.54 Å². The van der Waals surface area contributed by atoms with Gasteiger partial charge in [-0.15, -0.1) is 0 Å². The number of aromatic nitrogens is 1. The first kappa shape index (κ1) is 16.1. The van der Waals surface area contributed by atoms with Crippen molar-refractivity contribution in [3.05, 3.63) is 24.0 Å². The molecule has 1 fully saturated rings. The van der Waals surface area contributed by atoms with Crippen LogP contribution in [0, 0.1) is 5.92 Å². The quantitative estimate of drug-likeness (QED) is 0.811. The molecular formula is C17H29N3O. The van der Waals surface area contributed by atoms with Crippen molar-refractivity contribution in [3.8, 4) is 0 Å². The maximum atomic E-state index is 12.1. The molecule has 2 N–H and O–H groups in total. The van der Waals surface area contributed by atoms with Crippen molar-refractivity contribution in [1.82, 2.24) is 15.2 Å². The second-order valence-corrected chi connectivity index (χ2v) is 6.45. The number of hydrogen-bond acceptors (Lipinski definition) is 2. The molecule has 0 saturated heterocycles. The third-order valence-corrected chi connectivity index (χ3v) is 4.27. The lowest BCUT2D eigenvalue weighted by Gasteiger charge is -2.20. The van der Waals surface area contributed by atoms with Crippen molar-refractivity contribution in [1.29, 1.82) is 0 Å². The van der Waals surface area contributed by atoms with Gasteiger partial charge in [0.1, 0.15) is 6.54 Å². The molecular weight excluding hydrogens is 262 g/mol. The monoisotopic (exact) mass is 291 g/mol. The van der Waals surface area contributed by atoms with Gasteiger partial charge in [0.15, 0.2) is 0 Å². The van der Waals surface area contributed by atoms with Gasteiger partial charge in [0, 0.05) is 24.5 Å². The predicted octanol–water partition coefficient (Wildman–Crippen LogP) is 2.85. The Morgan fingerprint density at radius 2 is 2.10 bits per heavy atom. The van der Waals surface area contributed by atoms with Crippen molar-refractivity contribution in [3.63, 3.8) is 0 Å². The zero-order valence-corrected chi connectivity index (χ0v) is 13.6. The summed E-state index contributed by atoms with van der Waals surface area (Å²) in [6.45, 7) is 7.94. The largest absolute Gasteiger partial charge is 0.352 e. The Morgan fingerprint density at radius 1 is 1.38 bits per heavy atom. The van der Waals surface area contributed by atoms with Crippen LogP contribution in [-0.2, 0) is 11.3 Å². The number of nitrogens with zero attached hydrogens (tertiary/aromatic N) is 1. The first-order valence-electron chi connectivity index (χ1n) is 8.28. The van der Waals surface area contributed by atoms with Crippen molar-refractivity contribution < 1.29 is 4.79 Å². The summed E-state index contributed by atoms with van der Waals surface area (Å²) in [5, 5.41) is 6.65. The van der Waals surface area contributed by atoms with Gasteiger partial charge in [0.05, 0.1) is 0 Å². The van der Waals surface area contributed by atoms with Gasteiger partial charge in [-0.2, -0.15) is 0 Å². The summed E-state index contributed by atoms with van der Waals surface area (Å²) in [6, 6.07) is 2.88. The van der Waals surface area contributed by atoms with Crippen molar-refractivity contribution >= 4 is 5.91 Å². The van der Waals surface area contributed by atoms with E-state index >= 15 is 0 Å². The van der Waals surface area contributed by atoms with Crippen LogP contribution >= 0.6 is 0 Å². The fourth-order valence-corrected chi connectivity index (χ4v) is 3.21. The third-order valence-electron chi connectivity index (χ3n) is 4.27. The molecule has 4 nitrogen and oxygen atoms in total. The Balaban J connectivity index is 1.90. The molecule has 1 aliphatic carbocycles. The molecule has 0 radical (unpaired) electrons. The molecule has 0 aliphatic heterocycles. The van der Waals surface area contributed by atoms with E-state index < -0.39 is 0 Å². The summed E-state index contributed by atoms with van der Waals surface area (Å²) in [5.74, 6) is 0.668. The maximum absolute atomic E-state index is 12.1. The van der Waals surface area contributed by atoms with E-state index in [1.54, 1.807) is 0 Å². The van der Waals surface area contributed by atoms with Crippen LogP contribution in [0.15, 0.2) is 18.5 Å². The topological polar surface area (TPSA) is 46.1 Å². The van der Waals surface area contributed by atoms with Gasteiger partial charge in [0.2, 0.25) is 5.91 Å². The molecule has 0 aromatic carbocycles. The fourth-order valence-electron chi connectivity index (χ4n) is 3.21. The molecule has 1 atom stereocenters. The average Bonchev–Trinajstić information content (AvgIpc) is 3.07. The average molecular weight is 291 g/mol. The van der Waals surface area contributed by atoms with Gasteiger partial charge in [-0.05, 0) is 36.9 Å². The lowest BCUT2D eigenvalue weighted by atomic mass is 9.98. The Bertz CT molecular complexity index is 447. The van der Waals surface area contributed by atoms with E-state index in [0.717, 1.165) is 19.4 Å². The summed E-state index contributed by atoms with van der Waals surface area (Å²) < 4.78 is 1.99. The minimum atomic E-state index is 0.133. The first-order valence-corrected chi connectivity index (χ1v) is 8.28. The van der Waals surface area contributed by atoms with Gasteiger partial charge in [-0.25, -0.2) is 0 Å². The zero-order chi connectivity index (χ0) is 15.2. The number of amides is 1. The Labute approximate surface area is 128 Å². The molecule has 21 heavy (non-hydrogen) atoms. The van der Waals surface area contributed by atoms with Gasteiger partial charge in [-0.1, -0.05) is 33.6 Å². The summed E-state index contributed by atoms with van der Waals surface area (Å²) in [5.41, 5.74) is 1.26. The van der Waals surface area contributed by atoms with Gasteiger partial charge >= 0.3 is 0 Å². The molecule has 1 heterocycles. The fraction of sp³-hybridized carbons (Fsp3) is 0.706. The second-order valence-electron chi connectivity index (χ2n) is 6.45. The highest BCUT2D eigenvalue weighted by Crippen LogP contribution is 2.22. The molecule has 0 bridgehead atoms. The van der Waals surface area contributed by atoms with E-state index in [-0.39, 0.29) is 5.91 Å². The van der Waals surface area contributed by atoms with Crippen LogP contribution in [0.3, 0.4) is 0 Å². The SMILES string of the molecule is CCNC(c1ccn(CC(=O)NC2CCCC2)c1)C(C)C. The minimum absolute atomic E-state index is 0.133.